The molecule has 1 aromatic heterocycles. The summed E-state index contributed by atoms with van der Waals surface area (Å²) < 4.78 is 10.5. The third-order valence-corrected chi connectivity index (χ3v) is 4.62. The molecule has 0 saturated heterocycles. The molecule has 0 radical (unpaired) electrons. The molecule has 3 rings (SSSR count). The van der Waals surface area contributed by atoms with Crippen LogP contribution in [-0.2, 0) is 4.79 Å². The van der Waals surface area contributed by atoms with Crippen LogP contribution >= 0.6 is 11.3 Å². The lowest BCUT2D eigenvalue weighted by Gasteiger charge is -2.05. The van der Waals surface area contributed by atoms with E-state index in [0.717, 1.165) is 27.6 Å². The van der Waals surface area contributed by atoms with Crippen molar-refractivity contribution >= 4 is 34.8 Å². The van der Waals surface area contributed by atoms with Gasteiger partial charge in [-0.2, -0.15) is 0 Å². The minimum absolute atomic E-state index is 0.403. The number of hydrogen-bond donors (Lipinski definition) is 0. The molecule has 0 bridgehead atoms. The Morgan fingerprint density at radius 2 is 1.70 bits per heavy atom. The van der Waals surface area contributed by atoms with Crippen molar-refractivity contribution in [1.82, 2.24) is 0 Å². The van der Waals surface area contributed by atoms with Crippen LogP contribution in [0.25, 0.3) is 6.08 Å². The SMILES string of the molecule is COc1ccc(N=C(C)c2ccc(OC(=O)/C=C/c3cccs3)cc2)cc1. The van der Waals surface area contributed by atoms with E-state index in [9.17, 15) is 4.79 Å². The van der Waals surface area contributed by atoms with Crippen LogP contribution in [-0.4, -0.2) is 18.8 Å². The largest absolute Gasteiger partial charge is 0.497 e. The fourth-order valence-corrected chi connectivity index (χ4v) is 2.98. The first kappa shape index (κ1) is 18.6. The summed E-state index contributed by atoms with van der Waals surface area (Å²) in [5.74, 6) is 0.891. The second kappa shape index (κ2) is 8.96. The van der Waals surface area contributed by atoms with Gasteiger partial charge in [-0.15, -0.1) is 11.3 Å². The number of aliphatic imine (C=N–C) groups is 1. The average molecular weight is 377 g/mol. The first-order valence-corrected chi connectivity index (χ1v) is 9.25. The fourth-order valence-electron chi connectivity index (χ4n) is 2.37. The number of benzene rings is 2. The Hall–Kier alpha value is -3.18. The number of carbonyl (C=O) groups excluding carboxylic acids is 1. The average Bonchev–Trinajstić information content (AvgIpc) is 3.21. The predicted molar refractivity (Wildman–Crippen MR) is 110 cm³/mol. The van der Waals surface area contributed by atoms with Gasteiger partial charge in [0.1, 0.15) is 11.5 Å². The highest BCUT2D eigenvalue weighted by atomic mass is 32.1. The van der Waals surface area contributed by atoms with Gasteiger partial charge < -0.3 is 9.47 Å². The normalized spacial score (nSPS) is 11.6. The van der Waals surface area contributed by atoms with Crippen molar-refractivity contribution in [3.8, 4) is 11.5 Å². The lowest BCUT2D eigenvalue weighted by molar-refractivity contribution is -0.128. The van der Waals surface area contributed by atoms with Gasteiger partial charge in [-0.05, 0) is 78.5 Å². The van der Waals surface area contributed by atoms with E-state index in [4.69, 9.17) is 9.47 Å². The molecular weight excluding hydrogens is 358 g/mol. The molecule has 27 heavy (non-hydrogen) atoms. The Bertz CT molecular complexity index is 940. The fraction of sp³-hybridized carbons (Fsp3) is 0.0909. The molecule has 136 valence electrons. The maximum atomic E-state index is 11.9. The van der Waals surface area contributed by atoms with E-state index in [-0.39, 0.29) is 0 Å². The predicted octanol–water partition coefficient (Wildman–Crippen LogP) is 5.52. The first-order chi connectivity index (χ1) is 13.1. The maximum Gasteiger partial charge on any atom is 0.336 e. The van der Waals surface area contributed by atoms with Gasteiger partial charge in [0, 0.05) is 16.7 Å². The summed E-state index contributed by atoms with van der Waals surface area (Å²) in [5.41, 5.74) is 2.68. The van der Waals surface area contributed by atoms with Crippen molar-refractivity contribution in [2.75, 3.05) is 7.11 Å². The highest BCUT2D eigenvalue weighted by molar-refractivity contribution is 7.10. The molecule has 0 aliphatic carbocycles. The van der Waals surface area contributed by atoms with Gasteiger partial charge in [0.2, 0.25) is 0 Å². The molecular formula is C22H19NO3S. The third kappa shape index (κ3) is 5.39. The highest BCUT2D eigenvalue weighted by Gasteiger charge is 2.03. The minimum Gasteiger partial charge on any atom is -0.497 e. The molecule has 0 unspecified atom stereocenters. The van der Waals surface area contributed by atoms with Crippen LogP contribution < -0.4 is 9.47 Å². The zero-order valence-electron chi connectivity index (χ0n) is 15.1. The molecule has 5 heteroatoms. The van der Waals surface area contributed by atoms with Gasteiger partial charge in [-0.25, -0.2) is 4.79 Å². The standard InChI is InChI=1S/C22H19NO3S/c1-16(23-18-7-11-19(25-2)12-8-18)17-5-9-20(10-6-17)26-22(24)14-13-21-4-3-15-27-21/h3-15H,1-2H3/b14-13+,23-16?. The zero-order chi connectivity index (χ0) is 19.1. The number of carbonyl (C=O) groups is 1. The molecule has 0 amide bonds. The van der Waals surface area contributed by atoms with E-state index in [1.54, 1.807) is 36.7 Å². The number of nitrogens with zero attached hydrogens (tertiary/aromatic N) is 1. The monoisotopic (exact) mass is 377 g/mol. The van der Waals surface area contributed by atoms with Crippen molar-refractivity contribution in [3.63, 3.8) is 0 Å². The number of hydrogen-bond acceptors (Lipinski definition) is 5. The van der Waals surface area contributed by atoms with Crippen molar-refractivity contribution in [1.29, 1.82) is 0 Å². The maximum absolute atomic E-state index is 11.9. The molecule has 1 heterocycles. The van der Waals surface area contributed by atoms with Crippen LogP contribution in [0, 0.1) is 0 Å². The Morgan fingerprint density at radius 3 is 2.33 bits per heavy atom. The number of rotatable bonds is 6. The molecule has 0 aliphatic rings. The van der Waals surface area contributed by atoms with E-state index in [1.807, 2.05) is 60.8 Å². The summed E-state index contributed by atoms with van der Waals surface area (Å²) in [4.78, 5) is 17.5. The van der Waals surface area contributed by atoms with Gasteiger partial charge in [0.05, 0.1) is 12.8 Å². The third-order valence-electron chi connectivity index (χ3n) is 3.79. The number of methoxy groups -OCH3 is 1. The van der Waals surface area contributed by atoms with Gasteiger partial charge in [0.15, 0.2) is 0 Å². The van der Waals surface area contributed by atoms with Crippen LogP contribution in [0.15, 0.2) is 77.1 Å². The first-order valence-electron chi connectivity index (χ1n) is 8.37. The molecule has 0 fully saturated rings. The van der Waals surface area contributed by atoms with Crippen LogP contribution in [0.5, 0.6) is 11.5 Å². The molecule has 0 spiro atoms. The number of esters is 1. The summed E-state index contributed by atoms with van der Waals surface area (Å²) in [6, 6.07) is 18.7. The Kier molecular flexibility index (Phi) is 6.18. The van der Waals surface area contributed by atoms with Crippen molar-refractivity contribution < 1.29 is 14.3 Å². The van der Waals surface area contributed by atoms with Crippen molar-refractivity contribution in [3.05, 3.63) is 82.6 Å². The van der Waals surface area contributed by atoms with Crippen molar-refractivity contribution in [2.45, 2.75) is 6.92 Å². The van der Waals surface area contributed by atoms with Crippen molar-refractivity contribution in [2.24, 2.45) is 4.99 Å². The van der Waals surface area contributed by atoms with Crippen LogP contribution in [0.1, 0.15) is 17.4 Å². The summed E-state index contributed by atoms with van der Waals surface area (Å²) in [7, 11) is 1.63. The molecule has 0 atom stereocenters. The molecule has 0 aliphatic heterocycles. The summed E-state index contributed by atoms with van der Waals surface area (Å²) in [6.07, 6.45) is 3.17. The number of ether oxygens (including phenoxy) is 2. The molecule has 2 aromatic carbocycles. The Balaban J connectivity index is 1.63. The van der Waals surface area contributed by atoms with Crippen LogP contribution in [0.3, 0.4) is 0 Å². The topological polar surface area (TPSA) is 47.9 Å². The lowest BCUT2D eigenvalue weighted by Crippen LogP contribution is -2.04. The Labute approximate surface area is 162 Å². The molecule has 3 aromatic rings. The summed E-state index contributed by atoms with van der Waals surface area (Å²) in [6.45, 7) is 1.94. The van der Waals surface area contributed by atoms with Gasteiger partial charge >= 0.3 is 5.97 Å². The molecule has 0 N–H and O–H groups in total. The van der Waals surface area contributed by atoms with Gasteiger partial charge in [0.25, 0.3) is 0 Å². The van der Waals surface area contributed by atoms with E-state index in [1.165, 1.54) is 6.08 Å². The van der Waals surface area contributed by atoms with E-state index < -0.39 is 5.97 Å². The highest BCUT2D eigenvalue weighted by Crippen LogP contribution is 2.20. The van der Waals surface area contributed by atoms with E-state index in [0.29, 0.717) is 5.75 Å². The van der Waals surface area contributed by atoms with E-state index in [2.05, 4.69) is 4.99 Å². The van der Waals surface area contributed by atoms with Crippen LogP contribution in [0.2, 0.25) is 0 Å². The summed E-state index contributed by atoms with van der Waals surface area (Å²) >= 11 is 1.56. The molecule has 0 saturated carbocycles. The van der Waals surface area contributed by atoms with Gasteiger partial charge in [-0.3, -0.25) is 4.99 Å². The summed E-state index contributed by atoms with van der Waals surface area (Å²) in [5, 5.41) is 1.96. The Morgan fingerprint density at radius 1 is 1.00 bits per heavy atom. The number of thiophene rings is 1. The molecule has 4 nitrogen and oxygen atoms in total. The smallest absolute Gasteiger partial charge is 0.336 e. The second-order valence-corrected chi connectivity index (χ2v) is 6.67. The minimum atomic E-state index is -0.403. The lowest BCUT2D eigenvalue weighted by atomic mass is 10.1. The van der Waals surface area contributed by atoms with Gasteiger partial charge in [-0.1, -0.05) is 6.07 Å². The second-order valence-electron chi connectivity index (χ2n) is 5.69. The van der Waals surface area contributed by atoms with Crippen LogP contribution in [0.4, 0.5) is 5.69 Å². The van der Waals surface area contributed by atoms with E-state index >= 15 is 0 Å². The zero-order valence-corrected chi connectivity index (χ0v) is 15.9. The quantitative estimate of drug-likeness (QED) is 0.246.